The average Bonchev–Trinajstić information content (AvgIpc) is 2.99. The fraction of sp³-hybridized carbons (Fsp3) is 0.176. The molecule has 22 heavy (non-hydrogen) atoms. The van der Waals surface area contributed by atoms with E-state index in [1.165, 1.54) is 17.7 Å². The molecule has 0 unspecified atom stereocenters. The molecule has 0 radical (unpaired) electrons. The van der Waals surface area contributed by atoms with Gasteiger partial charge in [0, 0.05) is 12.1 Å². The van der Waals surface area contributed by atoms with Gasteiger partial charge in [-0.3, -0.25) is 0 Å². The van der Waals surface area contributed by atoms with Crippen LogP contribution >= 0.6 is 0 Å². The van der Waals surface area contributed by atoms with E-state index >= 15 is 0 Å². The monoisotopic (exact) mass is 296 g/mol. The van der Waals surface area contributed by atoms with Gasteiger partial charge in [0.05, 0.1) is 11.4 Å². The smallest absolute Gasteiger partial charge is 0.123 e. The van der Waals surface area contributed by atoms with Gasteiger partial charge >= 0.3 is 0 Å². The zero-order chi connectivity index (χ0) is 15.5. The SMILES string of the molecule is CCc1ccc(-n2nnc(CN)c2-c2cccc(F)c2)cc1. The molecule has 0 atom stereocenters. The second-order valence-corrected chi connectivity index (χ2v) is 5.03. The number of nitrogens with zero attached hydrogens (tertiary/aromatic N) is 3. The molecular weight excluding hydrogens is 279 g/mol. The summed E-state index contributed by atoms with van der Waals surface area (Å²) in [7, 11) is 0. The number of nitrogens with two attached hydrogens (primary N) is 1. The van der Waals surface area contributed by atoms with Crippen LogP contribution < -0.4 is 5.73 Å². The Hall–Kier alpha value is -2.53. The number of aromatic nitrogens is 3. The molecule has 4 nitrogen and oxygen atoms in total. The molecular formula is C17H17FN4. The van der Waals surface area contributed by atoms with Gasteiger partial charge in [-0.2, -0.15) is 0 Å². The van der Waals surface area contributed by atoms with Crippen molar-refractivity contribution >= 4 is 0 Å². The molecule has 112 valence electrons. The van der Waals surface area contributed by atoms with Crippen molar-refractivity contribution in [1.82, 2.24) is 15.0 Å². The second kappa shape index (κ2) is 6.07. The first-order valence-corrected chi connectivity index (χ1v) is 7.22. The average molecular weight is 296 g/mol. The van der Waals surface area contributed by atoms with Crippen molar-refractivity contribution in [2.45, 2.75) is 19.9 Å². The summed E-state index contributed by atoms with van der Waals surface area (Å²) >= 11 is 0. The molecule has 0 aliphatic heterocycles. The summed E-state index contributed by atoms with van der Waals surface area (Å²) in [6, 6.07) is 14.4. The summed E-state index contributed by atoms with van der Waals surface area (Å²) in [6.45, 7) is 2.36. The van der Waals surface area contributed by atoms with E-state index < -0.39 is 0 Å². The highest BCUT2D eigenvalue weighted by Crippen LogP contribution is 2.25. The maximum Gasteiger partial charge on any atom is 0.123 e. The highest BCUT2D eigenvalue weighted by atomic mass is 19.1. The van der Waals surface area contributed by atoms with Gasteiger partial charge in [0.25, 0.3) is 0 Å². The molecule has 0 bridgehead atoms. The van der Waals surface area contributed by atoms with E-state index in [-0.39, 0.29) is 12.4 Å². The lowest BCUT2D eigenvalue weighted by molar-refractivity contribution is 0.628. The van der Waals surface area contributed by atoms with E-state index in [2.05, 4.69) is 29.4 Å². The highest BCUT2D eigenvalue weighted by molar-refractivity contribution is 5.64. The van der Waals surface area contributed by atoms with Crippen LogP contribution in [0.1, 0.15) is 18.2 Å². The second-order valence-electron chi connectivity index (χ2n) is 5.03. The quantitative estimate of drug-likeness (QED) is 0.805. The van der Waals surface area contributed by atoms with Gasteiger partial charge in [0.1, 0.15) is 11.5 Å². The number of benzene rings is 2. The van der Waals surface area contributed by atoms with E-state index in [0.29, 0.717) is 11.3 Å². The van der Waals surface area contributed by atoms with Crippen molar-refractivity contribution in [1.29, 1.82) is 0 Å². The zero-order valence-electron chi connectivity index (χ0n) is 12.3. The van der Waals surface area contributed by atoms with Crippen LogP contribution in [0.3, 0.4) is 0 Å². The molecule has 2 aromatic carbocycles. The van der Waals surface area contributed by atoms with E-state index in [1.807, 2.05) is 18.2 Å². The Morgan fingerprint density at radius 1 is 1.14 bits per heavy atom. The van der Waals surface area contributed by atoms with Crippen LogP contribution in [0, 0.1) is 5.82 Å². The van der Waals surface area contributed by atoms with Gasteiger partial charge in [-0.25, -0.2) is 9.07 Å². The lowest BCUT2D eigenvalue weighted by Crippen LogP contribution is -2.03. The van der Waals surface area contributed by atoms with Crippen molar-refractivity contribution in [3.8, 4) is 16.9 Å². The van der Waals surface area contributed by atoms with Gasteiger partial charge in [-0.1, -0.05) is 36.4 Å². The minimum Gasteiger partial charge on any atom is -0.325 e. The minimum absolute atomic E-state index is 0.249. The maximum atomic E-state index is 13.5. The first-order valence-electron chi connectivity index (χ1n) is 7.22. The van der Waals surface area contributed by atoms with Crippen LogP contribution in [0.25, 0.3) is 16.9 Å². The van der Waals surface area contributed by atoms with E-state index in [0.717, 1.165) is 17.8 Å². The molecule has 0 saturated carbocycles. The molecule has 0 spiro atoms. The van der Waals surface area contributed by atoms with Crippen molar-refractivity contribution in [3.05, 3.63) is 65.6 Å². The third-order valence-corrected chi connectivity index (χ3v) is 3.62. The summed E-state index contributed by atoms with van der Waals surface area (Å²) in [6.07, 6.45) is 0.975. The van der Waals surface area contributed by atoms with Gasteiger partial charge in [0.2, 0.25) is 0 Å². The van der Waals surface area contributed by atoms with Gasteiger partial charge in [0.15, 0.2) is 0 Å². The molecule has 2 N–H and O–H groups in total. The number of aryl methyl sites for hydroxylation is 1. The standard InChI is InChI=1S/C17H17FN4/c1-2-12-6-8-15(9-7-12)22-17(16(11-19)20-21-22)13-4-3-5-14(18)10-13/h3-10H,2,11,19H2,1H3. The van der Waals surface area contributed by atoms with Crippen molar-refractivity contribution in [3.63, 3.8) is 0 Å². The zero-order valence-corrected chi connectivity index (χ0v) is 12.3. The Kier molecular flexibility index (Phi) is 3.98. The van der Waals surface area contributed by atoms with E-state index in [1.54, 1.807) is 10.7 Å². The Labute approximate surface area is 128 Å². The van der Waals surface area contributed by atoms with Crippen LogP contribution in [-0.4, -0.2) is 15.0 Å². The van der Waals surface area contributed by atoms with E-state index in [4.69, 9.17) is 5.73 Å². The first-order chi connectivity index (χ1) is 10.7. The van der Waals surface area contributed by atoms with Gasteiger partial charge in [-0.15, -0.1) is 5.10 Å². The van der Waals surface area contributed by atoms with Crippen LogP contribution in [0.15, 0.2) is 48.5 Å². The lowest BCUT2D eigenvalue weighted by atomic mass is 10.1. The molecule has 5 heteroatoms. The Bertz CT molecular complexity index is 778. The van der Waals surface area contributed by atoms with Crippen LogP contribution in [0.5, 0.6) is 0 Å². The van der Waals surface area contributed by atoms with Gasteiger partial charge < -0.3 is 5.73 Å². The number of halogens is 1. The Morgan fingerprint density at radius 3 is 2.55 bits per heavy atom. The summed E-state index contributed by atoms with van der Waals surface area (Å²) in [4.78, 5) is 0. The fourth-order valence-electron chi connectivity index (χ4n) is 2.43. The fourth-order valence-corrected chi connectivity index (χ4v) is 2.43. The molecule has 3 rings (SSSR count). The summed E-state index contributed by atoms with van der Waals surface area (Å²) < 4.78 is 15.3. The van der Waals surface area contributed by atoms with Crippen LogP contribution in [-0.2, 0) is 13.0 Å². The largest absolute Gasteiger partial charge is 0.325 e. The topological polar surface area (TPSA) is 56.7 Å². The Balaban J connectivity index is 2.14. The predicted octanol–water partition coefficient (Wildman–Crippen LogP) is 3.09. The third kappa shape index (κ3) is 2.63. The van der Waals surface area contributed by atoms with Crippen LogP contribution in [0.2, 0.25) is 0 Å². The molecule has 0 aliphatic rings. The van der Waals surface area contributed by atoms with Gasteiger partial charge in [-0.05, 0) is 36.2 Å². The summed E-state index contributed by atoms with van der Waals surface area (Å²) in [5, 5.41) is 8.31. The minimum atomic E-state index is -0.297. The molecule has 0 aliphatic carbocycles. The highest BCUT2D eigenvalue weighted by Gasteiger charge is 2.15. The number of hydrogen-bond acceptors (Lipinski definition) is 3. The van der Waals surface area contributed by atoms with Crippen molar-refractivity contribution in [2.24, 2.45) is 5.73 Å². The Morgan fingerprint density at radius 2 is 1.91 bits per heavy atom. The molecule has 1 aromatic heterocycles. The normalized spacial score (nSPS) is 10.9. The number of rotatable bonds is 4. The summed E-state index contributed by atoms with van der Waals surface area (Å²) in [5.74, 6) is -0.297. The van der Waals surface area contributed by atoms with Crippen LogP contribution in [0.4, 0.5) is 4.39 Å². The lowest BCUT2D eigenvalue weighted by Gasteiger charge is -2.09. The maximum absolute atomic E-state index is 13.5. The van der Waals surface area contributed by atoms with E-state index in [9.17, 15) is 4.39 Å². The third-order valence-electron chi connectivity index (χ3n) is 3.62. The first kappa shape index (κ1) is 14.4. The van der Waals surface area contributed by atoms with Crippen molar-refractivity contribution < 1.29 is 4.39 Å². The predicted molar refractivity (Wildman–Crippen MR) is 84.0 cm³/mol. The number of hydrogen-bond donors (Lipinski definition) is 1. The molecule has 1 heterocycles. The molecule has 0 amide bonds. The molecule has 3 aromatic rings. The molecule has 0 fully saturated rings. The summed E-state index contributed by atoms with van der Waals surface area (Å²) in [5.41, 5.74) is 9.96. The van der Waals surface area contributed by atoms with Crippen molar-refractivity contribution in [2.75, 3.05) is 0 Å². The molecule has 0 saturated heterocycles.